The fraction of sp³-hybridized carbons (Fsp3) is 0.348. The van der Waals surface area contributed by atoms with Gasteiger partial charge in [-0.2, -0.15) is 0 Å². The van der Waals surface area contributed by atoms with Crippen molar-refractivity contribution < 1.29 is 19.1 Å². The van der Waals surface area contributed by atoms with Crippen LogP contribution in [0.5, 0.6) is 5.75 Å². The molecular weight excluding hydrogens is 382 g/mol. The Morgan fingerprint density at radius 2 is 1.83 bits per heavy atom. The molecule has 1 unspecified atom stereocenters. The molecule has 0 saturated heterocycles. The van der Waals surface area contributed by atoms with Crippen LogP contribution >= 0.6 is 0 Å². The molecular formula is C23H25N3O4. The molecule has 0 aromatic heterocycles. The van der Waals surface area contributed by atoms with Gasteiger partial charge in [-0.05, 0) is 42.2 Å². The number of nitrogens with one attached hydrogen (secondary N) is 1. The average molecular weight is 407 g/mol. The van der Waals surface area contributed by atoms with Crippen LogP contribution in [0.25, 0.3) is 0 Å². The van der Waals surface area contributed by atoms with Crippen LogP contribution in [-0.2, 0) is 16.1 Å². The second-order valence-electron chi connectivity index (χ2n) is 7.75. The topological polar surface area (TPSA) is 79.0 Å². The van der Waals surface area contributed by atoms with E-state index in [4.69, 9.17) is 4.74 Å². The van der Waals surface area contributed by atoms with E-state index in [1.807, 2.05) is 36.4 Å². The SMILES string of the molecule is COc1ccc(CN(C)C(=O)CNC(=O)C2c3ccccc3C(=O)N2C2CC2)cc1. The summed E-state index contributed by atoms with van der Waals surface area (Å²) >= 11 is 0. The summed E-state index contributed by atoms with van der Waals surface area (Å²) in [7, 11) is 3.30. The van der Waals surface area contributed by atoms with Gasteiger partial charge in [0, 0.05) is 25.2 Å². The van der Waals surface area contributed by atoms with E-state index in [2.05, 4.69) is 5.32 Å². The number of methoxy groups -OCH3 is 1. The van der Waals surface area contributed by atoms with Crippen LogP contribution in [0.15, 0.2) is 48.5 Å². The van der Waals surface area contributed by atoms with Gasteiger partial charge < -0.3 is 19.9 Å². The van der Waals surface area contributed by atoms with E-state index >= 15 is 0 Å². The predicted octanol–water partition coefficient (Wildman–Crippen LogP) is 2.13. The Bertz CT molecular complexity index is 969. The zero-order valence-corrected chi connectivity index (χ0v) is 17.1. The maximum atomic E-state index is 13.0. The van der Waals surface area contributed by atoms with Gasteiger partial charge in [-0.1, -0.05) is 30.3 Å². The Hall–Kier alpha value is -3.35. The van der Waals surface area contributed by atoms with Gasteiger partial charge in [0.05, 0.1) is 13.7 Å². The lowest BCUT2D eigenvalue weighted by atomic mass is 10.0. The number of fused-ring (bicyclic) bond motifs is 1. The average Bonchev–Trinajstić information content (AvgIpc) is 3.56. The number of ether oxygens (including phenoxy) is 1. The smallest absolute Gasteiger partial charge is 0.255 e. The molecule has 0 radical (unpaired) electrons. The minimum Gasteiger partial charge on any atom is -0.497 e. The lowest BCUT2D eigenvalue weighted by Crippen LogP contribution is -2.44. The van der Waals surface area contributed by atoms with Gasteiger partial charge in [0.2, 0.25) is 11.8 Å². The van der Waals surface area contributed by atoms with Crippen molar-refractivity contribution in [1.82, 2.24) is 15.1 Å². The molecule has 2 aromatic carbocycles. The summed E-state index contributed by atoms with van der Waals surface area (Å²) in [5, 5.41) is 2.74. The van der Waals surface area contributed by atoms with Crippen LogP contribution in [0, 0.1) is 0 Å². The highest BCUT2D eigenvalue weighted by molar-refractivity contribution is 6.05. The molecule has 1 saturated carbocycles. The number of hydrogen-bond donors (Lipinski definition) is 1. The van der Waals surface area contributed by atoms with Gasteiger partial charge in [-0.25, -0.2) is 0 Å². The van der Waals surface area contributed by atoms with E-state index in [0.29, 0.717) is 17.7 Å². The van der Waals surface area contributed by atoms with Crippen molar-refractivity contribution in [1.29, 1.82) is 0 Å². The summed E-state index contributed by atoms with van der Waals surface area (Å²) in [6.07, 6.45) is 1.82. The molecule has 30 heavy (non-hydrogen) atoms. The lowest BCUT2D eigenvalue weighted by Gasteiger charge is -2.25. The van der Waals surface area contributed by atoms with Crippen molar-refractivity contribution in [3.8, 4) is 5.75 Å². The number of likely N-dealkylation sites (N-methyl/N-ethyl adjacent to an activating group) is 1. The molecule has 156 valence electrons. The normalized spacial score (nSPS) is 17.5. The Balaban J connectivity index is 1.38. The predicted molar refractivity (Wildman–Crippen MR) is 111 cm³/mol. The third kappa shape index (κ3) is 3.87. The maximum Gasteiger partial charge on any atom is 0.255 e. The highest BCUT2D eigenvalue weighted by Crippen LogP contribution is 2.41. The maximum absolute atomic E-state index is 13.0. The quantitative estimate of drug-likeness (QED) is 0.763. The molecule has 7 nitrogen and oxygen atoms in total. The van der Waals surface area contributed by atoms with E-state index < -0.39 is 6.04 Å². The molecule has 1 heterocycles. The number of hydrogen-bond acceptors (Lipinski definition) is 4. The Morgan fingerprint density at radius 1 is 1.13 bits per heavy atom. The van der Waals surface area contributed by atoms with E-state index in [0.717, 1.165) is 24.2 Å². The summed E-state index contributed by atoms with van der Waals surface area (Å²) in [6.45, 7) is 0.314. The van der Waals surface area contributed by atoms with Crippen LogP contribution in [0.4, 0.5) is 0 Å². The Labute approximate surface area is 175 Å². The molecule has 1 atom stereocenters. The van der Waals surface area contributed by atoms with Gasteiger partial charge >= 0.3 is 0 Å². The van der Waals surface area contributed by atoms with Gasteiger partial charge in [0.15, 0.2) is 0 Å². The van der Waals surface area contributed by atoms with Crippen molar-refractivity contribution in [3.05, 3.63) is 65.2 Å². The van der Waals surface area contributed by atoms with Gasteiger partial charge in [0.1, 0.15) is 11.8 Å². The van der Waals surface area contributed by atoms with Crippen LogP contribution < -0.4 is 10.1 Å². The number of rotatable bonds is 7. The Morgan fingerprint density at radius 3 is 2.50 bits per heavy atom. The summed E-state index contributed by atoms with van der Waals surface area (Å²) in [5.74, 6) is 0.143. The van der Waals surface area contributed by atoms with Crippen molar-refractivity contribution in [3.63, 3.8) is 0 Å². The summed E-state index contributed by atoms with van der Waals surface area (Å²) < 4.78 is 5.14. The van der Waals surface area contributed by atoms with Crippen LogP contribution in [-0.4, -0.2) is 54.3 Å². The first kappa shape index (κ1) is 19.9. The Kier molecular flexibility index (Phi) is 5.44. The number of nitrogens with zero attached hydrogens (tertiary/aromatic N) is 2. The molecule has 0 spiro atoms. The first-order valence-corrected chi connectivity index (χ1v) is 10.1. The standard InChI is InChI=1S/C23H25N3O4/c1-25(14-15-7-11-17(30-2)12-8-15)20(27)13-24-22(28)21-18-5-3-4-6-19(18)23(29)26(21)16-9-10-16/h3-8,11-12,16,21H,9-10,13-14H2,1-2H3,(H,24,28). The first-order chi connectivity index (χ1) is 14.5. The van der Waals surface area contributed by atoms with Crippen LogP contribution in [0.1, 0.15) is 40.4 Å². The molecule has 1 aliphatic carbocycles. The number of amides is 3. The summed E-state index contributed by atoms with van der Waals surface area (Å²) in [6, 6.07) is 14.1. The van der Waals surface area contributed by atoms with Crippen LogP contribution in [0.3, 0.4) is 0 Å². The monoisotopic (exact) mass is 407 g/mol. The molecule has 0 bridgehead atoms. The van der Waals surface area contributed by atoms with Gasteiger partial charge in [-0.3, -0.25) is 14.4 Å². The minimum absolute atomic E-state index is 0.101. The molecule has 1 fully saturated rings. The zero-order valence-electron chi connectivity index (χ0n) is 17.1. The second-order valence-corrected chi connectivity index (χ2v) is 7.75. The number of carbonyl (C=O) groups is 3. The van der Waals surface area contributed by atoms with E-state index in [9.17, 15) is 14.4 Å². The van der Waals surface area contributed by atoms with Crippen molar-refractivity contribution in [2.24, 2.45) is 0 Å². The van der Waals surface area contributed by atoms with E-state index in [-0.39, 0.29) is 30.3 Å². The lowest BCUT2D eigenvalue weighted by molar-refractivity contribution is -0.133. The van der Waals surface area contributed by atoms with Crippen molar-refractivity contribution in [2.75, 3.05) is 20.7 Å². The van der Waals surface area contributed by atoms with Gasteiger partial charge in [-0.15, -0.1) is 0 Å². The number of benzene rings is 2. The largest absolute Gasteiger partial charge is 0.497 e. The fourth-order valence-electron chi connectivity index (χ4n) is 3.82. The highest BCUT2D eigenvalue weighted by Gasteiger charge is 2.47. The van der Waals surface area contributed by atoms with E-state index in [1.54, 1.807) is 36.1 Å². The summed E-state index contributed by atoms with van der Waals surface area (Å²) in [4.78, 5) is 41.5. The molecule has 1 N–H and O–H groups in total. The van der Waals surface area contributed by atoms with Crippen molar-refractivity contribution >= 4 is 17.7 Å². The molecule has 4 rings (SSSR count). The number of carbonyl (C=O) groups excluding carboxylic acids is 3. The molecule has 7 heteroatoms. The van der Waals surface area contributed by atoms with E-state index in [1.165, 1.54) is 0 Å². The van der Waals surface area contributed by atoms with Crippen molar-refractivity contribution in [2.45, 2.75) is 31.5 Å². The third-order valence-corrected chi connectivity index (χ3v) is 5.61. The highest BCUT2D eigenvalue weighted by atomic mass is 16.5. The van der Waals surface area contributed by atoms with Crippen LogP contribution in [0.2, 0.25) is 0 Å². The molecule has 3 amide bonds. The van der Waals surface area contributed by atoms with Gasteiger partial charge in [0.25, 0.3) is 5.91 Å². The molecule has 1 aliphatic heterocycles. The molecule has 2 aromatic rings. The fourth-order valence-corrected chi connectivity index (χ4v) is 3.82. The minimum atomic E-state index is -0.666. The first-order valence-electron chi connectivity index (χ1n) is 10.1. The zero-order chi connectivity index (χ0) is 21.3. The summed E-state index contributed by atoms with van der Waals surface area (Å²) in [5.41, 5.74) is 2.26. The molecule has 2 aliphatic rings. The second kappa shape index (κ2) is 8.18. The third-order valence-electron chi connectivity index (χ3n) is 5.61.